The van der Waals surface area contributed by atoms with Crippen LogP contribution in [0.4, 0.5) is 0 Å². The molecule has 1 aliphatic rings. The average Bonchev–Trinajstić information content (AvgIpc) is 3.20. The molecule has 0 amide bonds. The highest BCUT2D eigenvalue weighted by Gasteiger charge is 2.42. The van der Waals surface area contributed by atoms with E-state index in [-0.39, 0.29) is 22.6 Å². The van der Waals surface area contributed by atoms with Gasteiger partial charge in [0.15, 0.2) is 8.32 Å². The van der Waals surface area contributed by atoms with Gasteiger partial charge in [-0.25, -0.2) is 8.42 Å². The van der Waals surface area contributed by atoms with Crippen LogP contribution in [0.25, 0.3) is 0 Å². The summed E-state index contributed by atoms with van der Waals surface area (Å²) in [6.45, 7) is 21.3. The second-order valence-corrected chi connectivity index (χ2v) is 19.1. The fourth-order valence-electron chi connectivity index (χ4n) is 3.87. The van der Waals surface area contributed by atoms with Crippen LogP contribution in [0.15, 0.2) is 23.1 Å². The molecule has 1 aliphatic heterocycles. The van der Waals surface area contributed by atoms with Gasteiger partial charge in [-0.1, -0.05) is 26.8 Å². The first-order valence-corrected chi connectivity index (χ1v) is 17.4. The smallest absolute Gasteiger partial charge is 0.324 e. The fraction of sp³-hybridized carbons (Fsp3) is 0.741. The quantitative estimate of drug-likeness (QED) is 0.203. The van der Waals surface area contributed by atoms with Crippen LogP contribution < -0.4 is 4.74 Å². The van der Waals surface area contributed by atoms with Crippen molar-refractivity contribution < 1.29 is 27.1 Å². The van der Waals surface area contributed by atoms with Crippen molar-refractivity contribution in [2.75, 3.05) is 13.2 Å². The number of carbonyl (C=O) groups is 1. The zero-order valence-electron chi connectivity index (χ0n) is 23.9. The number of hydrogen-bond acceptors (Lipinski definition) is 6. The molecule has 0 unspecified atom stereocenters. The summed E-state index contributed by atoms with van der Waals surface area (Å²) >= 11 is 0. The SMILES string of the molecule is Cc1ccc(S(=O)(=O)N2CCC[C@H]2C(=O)OC(C)(C)C)c(O[C@H](C)CCCO[Si](C)(C)C(C)(C)C)c1. The molecule has 206 valence electrons. The first-order valence-electron chi connectivity index (χ1n) is 13.0. The summed E-state index contributed by atoms with van der Waals surface area (Å²) < 4.78 is 46.7. The molecule has 36 heavy (non-hydrogen) atoms. The van der Waals surface area contributed by atoms with Gasteiger partial charge in [-0.3, -0.25) is 4.79 Å². The highest BCUT2D eigenvalue weighted by molar-refractivity contribution is 7.89. The Kier molecular flexibility index (Phi) is 9.87. The minimum absolute atomic E-state index is 0.0907. The molecule has 7 nitrogen and oxygen atoms in total. The van der Waals surface area contributed by atoms with Crippen molar-refractivity contribution >= 4 is 24.3 Å². The summed E-state index contributed by atoms with van der Waals surface area (Å²) in [5, 5.41) is 0.159. The van der Waals surface area contributed by atoms with Crippen molar-refractivity contribution in [2.45, 2.75) is 122 Å². The van der Waals surface area contributed by atoms with E-state index in [4.69, 9.17) is 13.9 Å². The molecule has 1 aromatic carbocycles. The van der Waals surface area contributed by atoms with Gasteiger partial charge in [-0.05, 0) is 96.1 Å². The minimum atomic E-state index is -3.95. The Morgan fingerprint density at radius 3 is 2.39 bits per heavy atom. The highest BCUT2D eigenvalue weighted by atomic mass is 32.2. The second kappa shape index (κ2) is 11.5. The Hall–Kier alpha value is -1.42. The summed E-state index contributed by atoms with van der Waals surface area (Å²) in [4.78, 5) is 12.9. The first-order chi connectivity index (χ1) is 16.3. The van der Waals surface area contributed by atoms with E-state index in [0.717, 1.165) is 18.4 Å². The predicted octanol–water partition coefficient (Wildman–Crippen LogP) is 6.06. The van der Waals surface area contributed by atoms with Gasteiger partial charge in [0.25, 0.3) is 0 Å². The molecule has 1 aromatic rings. The third kappa shape index (κ3) is 8.04. The number of benzene rings is 1. The van der Waals surface area contributed by atoms with Crippen LogP contribution in [0, 0.1) is 6.92 Å². The van der Waals surface area contributed by atoms with Crippen LogP contribution in [0.3, 0.4) is 0 Å². The van der Waals surface area contributed by atoms with Crippen molar-refractivity contribution in [1.29, 1.82) is 0 Å². The van der Waals surface area contributed by atoms with E-state index in [0.29, 0.717) is 25.2 Å². The van der Waals surface area contributed by atoms with Crippen LogP contribution in [0.1, 0.15) is 79.7 Å². The number of ether oxygens (including phenoxy) is 2. The van der Waals surface area contributed by atoms with E-state index >= 15 is 0 Å². The normalized spacial score (nSPS) is 18.8. The Morgan fingerprint density at radius 2 is 1.81 bits per heavy atom. The van der Waals surface area contributed by atoms with Gasteiger partial charge in [0.05, 0.1) is 6.10 Å². The molecule has 2 atom stereocenters. The van der Waals surface area contributed by atoms with Gasteiger partial charge in [0, 0.05) is 13.2 Å². The summed E-state index contributed by atoms with van der Waals surface area (Å²) in [5.74, 6) is -0.184. The van der Waals surface area contributed by atoms with E-state index in [1.54, 1.807) is 39.0 Å². The molecule has 0 aromatic heterocycles. The molecular weight excluding hydrogens is 494 g/mol. The maximum Gasteiger partial charge on any atom is 0.324 e. The molecule has 1 fully saturated rings. The third-order valence-corrected chi connectivity index (χ3v) is 13.4. The van der Waals surface area contributed by atoms with Crippen molar-refractivity contribution in [3.8, 4) is 5.75 Å². The number of rotatable bonds is 10. The van der Waals surface area contributed by atoms with Crippen molar-refractivity contribution in [1.82, 2.24) is 4.31 Å². The molecule has 1 heterocycles. The molecule has 0 N–H and O–H groups in total. The van der Waals surface area contributed by atoms with Gasteiger partial charge in [-0.2, -0.15) is 4.31 Å². The van der Waals surface area contributed by atoms with Crippen LogP contribution in [0.2, 0.25) is 18.1 Å². The van der Waals surface area contributed by atoms with Crippen LogP contribution >= 0.6 is 0 Å². The van der Waals surface area contributed by atoms with Crippen molar-refractivity contribution in [3.05, 3.63) is 23.8 Å². The predicted molar refractivity (Wildman–Crippen MR) is 146 cm³/mol. The lowest BCUT2D eigenvalue weighted by molar-refractivity contribution is -0.158. The molecule has 9 heteroatoms. The number of carbonyl (C=O) groups excluding carboxylic acids is 1. The number of sulfonamides is 1. The topological polar surface area (TPSA) is 82.1 Å². The van der Waals surface area contributed by atoms with Crippen LogP contribution in [-0.4, -0.2) is 57.9 Å². The Balaban J connectivity index is 2.14. The van der Waals surface area contributed by atoms with E-state index < -0.39 is 36.0 Å². The minimum Gasteiger partial charge on any atom is -0.489 e. The summed E-state index contributed by atoms with van der Waals surface area (Å²) in [6.07, 6.45) is 2.43. The molecule has 1 saturated heterocycles. The highest BCUT2D eigenvalue weighted by Crippen LogP contribution is 2.37. The number of hydrogen-bond donors (Lipinski definition) is 0. The van der Waals surface area contributed by atoms with Crippen LogP contribution in [0.5, 0.6) is 5.75 Å². The lowest BCUT2D eigenvalue weighted by atomic mass is 10.2. The Labute approximate surface area is 220 Å². The fourth-order valence-corrected chi connectivity index (χ4v) is 6.71. The standard InChI is InChI=1S/C27H47NO6SSi/c1-20-15-16-24(35(30,31)28-17-11-14-22(28)25(29)34-26(3,4)5)23(19-20)33-21(2)13-12-18-32-36(9,10)27(6,7)8/h15-16,19,21-22H,11-14,17-18H2,1-10H3/t21-,22+/m1/s1. The molecule has 0 spiro atoms. The maximum absolute atomic E-state index is 13.7. The van der Waals surface area contributed by atoms with E-state index in [1.807, 2.05) is 13.8 Å². The van der Waals surface area contributed by atoms with Gasteiger partial charge < -0.3 is 13.9 Å². The third-order valence-electron chi connectivity index (χ3n) is 6.92. The first kappa shape index (κ1) is 30.8. The zero-order chi connectivity index (χ0) is 27.5. The van der Waals surface area contributed by atoms with Crippen molar-refractivity contribution in [3.63, 3.8) is 0 Å². The lowest BCUT2D eigenvalue weighted by Gasteiger charge is -2.36. The monoisotopic (exact) mass is 541 g/mol. The second-order valence-electron chi connectivity index (χ2n) is 12.4. The number of nitrogens with zero attached hydrogens (tertiary/aromatic N) is 1. The Bertz CT molecular complexity index is 1010. The summed E-state index contributed by atoms with van der Waals surface area (Å²) in [5.41, 5.74) is 0.222. The Morgan fingerprint density at radius 1 is 1.17 bits per heavy atom. The average molecular weight is 542 g/mol. The largest absolute Gasteiger partial charge is 0.489 e. The number of aryl methyl sites for hydroxylation is 1. The van der Waals surface area contributed by atoms with Crippen molar-refractivity contribution in [2.24, 2.45) is 0 Å². The van der Waals surface area contributed by atoms with E-state index in [2.05, 4.69) is 33.9 Å². The van der Waals surface area contributed by atoms with Gasteiger partial charge in [0.2, 0.25) is 10.0 Å². The van der Waals surface area contributed by atoms with Gasteiger partial charge in [0.1, 0.15) is 22.3 Å². The molecule has 0 aliphatic carbocycles. The molecule has 0 saturated carbocycles. The number of esters is 1. The summed E-state index contributed by atoms with van der Waals surface area (Å²) in [7, 11) is -5.76. The van der Waals surface area contributed by atoms with E-state index in [9.17, 15) is 13.2 Å². The molecular formula is C27H47NO6SSi. The lowest BCUT2D eigenvalue weighted by Crippen LogP contribution is -2.43. The van der Waals surface area contributed by atoms with Gasteiger partial charge in [-0.15, -0.1) is 0 Å². The maximum atomic E-state index is 13.7. The van der Waals surface area contributed by atoms with Gasteiger partial charge >= 0.3 is 5.97 Å². The molecule has 0 radical (unpaired) electrons. The summed E-state index contributed by atoms with van der Waals surface area (Å²) in [6, 6.07) is 4.27. The molecule has 0 bridgehead atoms. The van der Waals surface area contributed by atoms with E-state index in [1.165, 1.54) is 4.31 Å². The zero-order valence-corrected chi connectivity index (χ0v) is 25.8. The molecule has 2 rings (SSSR count). The van der Waals surface area contributed by atoms with Crippen LogP contribution in [-0.2, 0) is 24.0 Å².